The molecular weight excluding hydrogens is 242 g/mol. The van der Waals surface area contributed by atoms with E-state index in [1.807, 2.05) is 0 Å². The molecule has 88 valence electrons. The van der Waals surface area contributed by atoms with E-state index >= 15 is 0 Å². The summed E-state index contributed by atoms with van der Waals surface area (Å²) in [6, 6.07) is 5.04. The highest BCUT2D eigenvalue weighted by molar-refractivity contribution is 6.31. The van der Waals surface area contributed by atoms with Crippen LogP contribution in [0.1, 0.15) is 27.8 Å². The molecule has 0 saturated carbocycles. The molecule has 1 aromatic heterocycles. The molecule has 0 fully saturated rings. The van der Waals surface area contributed by atoms with Gasteiger partial charge in [0.1, 0.15) is 5.69 Å². The number of ketones is 1. The van der Waals surface area contributed by atoms with Gasteiger partial charge in [-0.1, -0.05) is 17.7 Å². The molecule has 0 aliphatic carbocycles. The van der Waals surface area contributed by atoms with Crippen LogP contribution < -0.4 is 0 Å². The number of carbonyl (C=O) groups excluding carboxylic acids is 2. The Kier molecular flexibility index (Phi) is 2.90. The summed E-state index contributed by atoms with van der Waals surface area (Å²) in [6.45, 7) is 1.41. The molecule has 5 heteroatoms. The van der Waals surface area contributed by atoms with Crippen molar-refractivity contribution >= 4 is 34.3 Å². The lowest BCUT2D eigenvalue weighted by atomic mass is 10.1. The minimum atomic E-state index is -0.567. The van der Waals surface area contributed by atoms with Crippen LogP contribution >= 0.6 is 11.6 Å². The average Bonchev–Trinajstić information content (AvgIpc) is 2.66. The van der Waals surface area contributed by atoms with E-state index in [1.165, 1.54) is 14.0 Å². The lowest BCUT2D eigenvalue weighted by molar-refractivity contribution is 0.0591. The number of Topliss-reactive ketones (excluding diaryl/α,β-unsaturated/α-hetero) is 1. The van der Waals surface area contributed by atoms with E-state index in [9.17, 15) is 9.59 Å². The monoisotopic (exact) mass is 251 g/mol. The van der Waals surface area contributed by atoms with Crippen molar-refractivity contribution in [2.24, 2.45) is 0 Å². The van der Waals surface area contributed by atoms with E-state index in [4.69, 9.17) is 11.6 Å². The van der Waals surface area contributed by atoms with Crippen LogP contribution in [0.15, 0.2) is 18.2 Å². The van der Waals surface area contributed by atoms with Crippen molar-refractivity contribution in [3.05, 3.63) is 34.5 Å². The van der Waals surface area contributed by atoms with Gasteiger partial charge >= 0.3 is 5.97 Å². The summed E-state index contributed by atoms with van der Waals surface area (Å²) >= 11 is 5.85. The number of hydrogen-bond donors (Lipinski definition) is 1. The van der Waals surface area contributed by atoms with Gasteiger partial charge in [0.15, 0.2) is 5.78 Å². The Morgan fingerprint density at radius 2 is 2.06 bits per heavy atom. The van der Waals surface area contributed by atoms with Gasteiger partial charge in [-0.3, -0.25) is 4.79 Å². The highest BCUT2D eigenvalue weighted by atomic mass is 35.5. The van der Waals surface area contributed by atoms with Crippen molar-refractivity contribution in [2.45, 2.75) is 6.92 Å². The molecule has 0 amide bonds. The summed E-state index contributed by atoms with van der Waals surface area (Å²) in [4.78, 5) is 26.0. The molecule has 4 nitrogen and oxygen atoms in total. The number of H-pyrrole nitrogens is 1. The van der Waals surface area contributed by atoms with Crippen LogP contribution in [-0.4, -0.2) is 23.8 Å². The maximum absolute atomic E-state index is 11.6. The maximum Gasteiger partial charge on any atom is 0.355 e. The van der Waals surface area contributed by atoms with Gasteiger partial charge in [0.2, 0.25) is 0 Å². The van der Waals surface area contributed by atoms with Crippen LogP contribution in [0.2, 0.25) is 5.02 Å². The third kappa shape index (κ3) is 1.91. The van der Waals surface area contributed by atoms with Crippen LogP contribution in [0.5, 0.6) is 0 Å². The number of esters is 1. The van der Waals surface area contributed by atoms with Crippen molar-refractivity contribution < 1.29 is 14.3 Å². The van der Waals surface area contributed by atoms with Gasteiger partial charge in [-0.2, -0.15) is 0 Å². The first-order valence-corrected chi connectivity index (χ1v) is 5.33. The Balaban J connectivity index is 2.79. The fraction of sp³-hybridized carbons (Fsp3) is 0.167. The SMILES string of the molecule is COC(=O)c1[nH]c2cc(Cl)ccc2c1C(C)=O. The Morgan fingerprint density at radius 3 is 2.65 bits per heavy atom. The zero-order valence-electron chi connectivity index (χ0n) is 9.33. The topological polar surface area (TPSA) is 59.2 Å². The predicted molar refractivity (Wildman–Crippen MR) is 64.7 cm³/mol. The van der Waals surface area contributed by atoms with E-state index in [1.54, 1.807) is 18.2 Å². The molecule has 0 radical (unpaired) electrons. The lowest BCUT2D eigenvalue weighted by Gasteiger charge is -1.98. The minimum absolute atomic E-state index is 0.164. The van der Waals surface area contributed by atoms with Crippen molar-refractivity contribution in [3.8, 4) is 0 Å². The summed E-state index contributed by atoms with van der Waals surface area (Å²) in [5.41, 5.74) is 1.14. The quantitative estimate of drug-likeness (QED) is 0.660. The van der Waals surface area contributed by atoms with E-state index in [0.29, 0.717) is 21.5 Å². The van der Waals surface area contributed by atoms with Crippen molar-refractivity contribution in [3.63, 3.8) is 0 Å². The van der Waals surface area contributed by atoms with Gasteiger partial charge in [-0.05, 0) is 19.1 Å². The summed E-state index contributed by atoms with van der Waals surface area (Å²) in [5.74, 6) is -0.763. The highest BCUT2D eigenvalue weighted by Gasteiger charge is 2.21. The number of methoxy groups -OCH3 is 1. The second-order valence-electron chi connectivity index (χ2n) is 3.61. The van der Waals surface area contributed by atoms with Gasteiger partial charge in [0, 0.05) is 15.9 Å². The molecule has 2 aromatic rings. The molecule has 0 atom stereocenters. The number of carbonyl (C=O) groups is 2. The molecule has 0 unspecified atom stereocenters. The number of benzene rings is 1. The lowest BCUT2D eigenvalue weighted by Crippen LogP contribution is -2.07. The van der Waals surface area contributed by atoms with Crippen molar-refractivity contribution in [2.75, 3.05) is 7.11 Å². The molecule has 0 aliphatic heterocycles. The number of aromatic nitrogens is 1. The molecule has 1 N–H and O–H groups in total. The van der Waals surface area contributed by atoms with Crippen LogP contribution in [0.3, 0.4) is 0 Å². The predicted octanol–water partition coefficient (Wildman–Crippen LogP) is 2.81. The molecule has 0 spiro atoms. The van der Waals surface area contributed by atoms with Gasteiger partial charge in [0.25, 0.3) is 0 Å². The normalized spacial score (nSPS) is 10.5. The summed E-state index contributed by atoms with van der Waals surface area (Å²) in [5, 5.41) is 1.20. The van der Waals surface area contributed by atoms with E-state index in [-0.39, 0.29) is 11.5 Å². The first-order valence-electron chi connectivity index (χ1n) is 4.95. The van der Waals surface area contributed by atoms with Crippen LogP contribution in [-0.2, 0) is 4.74 Å². The summed E-state index contributed by atoms with van der Waals surface area (Å²) in [6.07, 6.45) is 0. The van der Waals surface area contributed by atoms with E-state index in [2.05, 4.69) is 9.72 Å². The van der Waals surface area contributed by atoms with E-state index in [0.717, 1.165) is 0 Å². The number of nitrogens with one attached hydrogen (secondary N) is 1. The van der Waals surface area contributed by atoms with Gasteiger partial charge in [0.05, 0.1) is 12.7 Å². The smallest absolute Gasteiger partial charge is 0.355 e. The zero-order chi connectivity index (χ0) is 12.6. The highest BCUT2D eigenvalue weighted by Crippen LogP contribution is 2.26. The Hall–Kier alpha value is -1.81. The van der Waals surface area contributed by atoms with Gasteiger partial charge in [-0.15, -0.1) is 0 Å². The number of fused-ring (bicyclic) bond motifs is 1. The Morgan fingerprint density at radius 1 is 1.35 bits per heavy atom. The fourth-order valence-corrected chi connectivity index (χ4v) is 1.96. The van der Waals surface area contributed by atoms with Crippen LogP contribution in [0.25, 0.3) is 10.9 Å². The maximum atomic E-state index is 11.6. The number of ether oxygens (including phenoxy) is 1. The Labute approximate surface area is 103 Å². The molecule has 2 rings (SSSR count). The van der Waals surface area contributed by atoms with Crippen LogP contribution in [0, 0.1) is 0 Å². The number of aromatic amines is 1. The molecule has 1 aromatic carbocycles. The minimum Gasteiger partial charge on any atom is -0.464 e. The summed E-state index contributed by atoms with van der Waals surface area (Å²) in [7, 11) is 1.27. The number of hydrogen-bond acceptors (Lipinski definition) is 3. The number of halogens is 1. The average molecular weight is 252 g/mol. The molecule has 17 heavy (non-hydrogen) atoms. The third-order valence-corrected chi connectivity index (χ3v) is 2.74. The second-order valence-corrected chi connectivity index (χ2v) is 4.05. The zero-order valence-corrected chi connectivity index (χ0v) is 10.1. The largest absolute Gasteiger partial charge is 0.464 e. The molecule has 0 saturated heterocycles. The van der Waals surface area contributed by atoms with Crippen molar-refractivity contribution in [1.29, 1.82) is 0 Å². The van der Waals surface area contributed by atoms with Gasteiger partial charge < -0.3 is 9.72 Å². The van der Waals surface area contributed by atoms with Gasteiger partial charge in [-0.25, -0.2) is 4.79 Å². The summed E-state index contributed by atoms with van der Waals surface area (Å²) < 4.78 is 4.63. The van der Waals surface area contributed by atoms with Crippen molar-refractivity contribution in [1.82, 2.24) is 4.98 Å². The van der Waals surface area contributed by atoms with E-state index < -0.39 is 5.97 Å². The molecule has 0 aliphatic rings. The Bertz CT molecular complexity index is 615. The number of rotatable bonds is 2. The second kappa shape index (κ2) is 4.22. The third-order valence-electron chi connectivity index (χ3n) is 2.50. The first-order chi connectivity index (χ1) is 8.04. The standard InChI is InChI=1S/C12H10ClNO3/c1-6(15)10-8-4-3-7(13)5-9(8)14-11(10)12(16)17-2/h3-5,14H,1-2H3. The fourth-order valence-electron chi connectivity index (χ4n) is 1.79. The molecule has 1 heterocycles. The molecule has 0 bridgehead atoms. The first kappa shape index (κ1) is 11.7. The molecular formula is C12H10ClNO3. The van der Waals surface area contributed by atoms with Crippen LogP contribution in [0.4, 0.5) is 0 Å².